The fraction of sp³-hybridized carbons (Fsp3) is 0.200. The second-order valence-electron chi connectivity index (χ2n) is 4.87. The minimum atomic E-state index is -0.212. The normalized spacial score (nSPS) is 12.7. The summed E-state index contributed by atoms with van der Waals surface area (Å²) in [5.74, 6) is -0.212. The zero-order valence-electron chi connectivity index (χ0n) is 11.0. The van der Waals surface area contributed by atoms with Gasteiger partial charge in [0.15, 0.2) is 4.77 Å². The van der Waals surface area contributed by atoms with Gasteiger partial charge in [-0.05, 0) is 49.3 Å². The molecule has 2 heterocycles. The number of rotatable bonds is 3. The summed E-state index contributed by atoms with van der Waals surface area (Å²) < 4.78 is 15.7. The zero-order chi connectivity index (χ0) is 14.1. The Morgan fingerprint density at radius 1 is 1.30 bits per heavy atom. The molecule has 20 heavy (non-hydrogen) atoms. The van der Waals surface area contributed by atoms with Crippen LogP contribution in [0.2, 0.25) is 0 Å². The number of hydrogen-bond acceptors (Lipinski definition) is 2. The Morgan fingerprint density at radius 3 is 2.80 bits per heavy atom. The third-order valence-corrected chi connectivity index (χ3v) is 3.70. The number of fused-ring (bicyclic) bond motifs is 1. The van der Waals surface area contributed by atoms with Gasteiger partial charge in [0.05, 0.1) is 17.2 Å². The van der Waals surface area contributed by atoms with E-state index in [4.69, 9.17) is 12.2 Å². The number of pyridine rings is 1. The smallest absolute Gasteiger partial charge is 0.178 e. The van der Waals surface area contributed by atoms with Crippen molar-refractivity contribution in [3.63, 3.8) is 0 Å². The average molecular weight is 287 g/mol. The molecule has 102 valence electrons. The number of hydrogen-bond donors (Lipinski definition) is 1. The Hall–Kier alpha value is -2.01. The van der Waals surface area contributed by atoms with Gasteiger partial charge in [-0.15, -0.1) is 0 Å². The summed E-state index contributed by atoms with van der Waals surface area (Å²) in [4.78, 5) is 7.25. The predicted molar refractivity (Wildman–Crippen MR) is 79.7 cm³/mol. The third kappa shape index (κ3) is 2.36. The molecular formula is C15H14FN3S. The summed E-state index contributed by atoms with van der Waals surface area (Å²) in [6.07, 6.45) is 4.32. The molecule has 0 saturated carbocycles. The van der Waals surface area contributed by atoms with E-state index < -0.39 is 0 Å². The van der Waals surface area contributed by atoms with Crippen LogP contribution in [0.5, 0.6) is 0 Å². The molecule has 0 amide bonds. The van der Waals surface area contributed by atoms with Crippen molar-refractivity contribution in [1.29, 1.82) is 0 Å². The van der Waals surface area contributed by atoms with Crippen LogP contribution in [0.1, 0.15) is 18.5 Å². The molecule has 5 heteroatoms. The van der Waals surface area contributed by atoms with Crippen molar-refractivity contribution in [3.8, 4) is 0 Å². The highest BCUT2D eigenvalue weighted by Gasteiger charge is 2.11. The Bertz CT molecular complexity index is 789. The highest BCUT2D eigenvalue weighted by atomic mass is 32.1. The molecule has 0 spiro atoms. The minimum Gasteiger partial charge on any atom is -0.329 e. The van der Waals surface area contributed by atoms with Crippen molar-refractivity contribution in [2.24, 2.45) is 0 Å². The summed E-state index contributed by atoms with van der Waals surface area (Å²) in [5, 5.41) is 0. The van der Waals surface area contributed by atoms with Crippen molar-refractivity contribution in [2.45, 2.75) is 19.4 Å². The van der Waals surface area contributed by atoms with Gasteiger partial charge in [0, 0.05) is 12.2 Å². The van der Waals surface area contributed by atoms with E-state index in [9.17, 15) is 4.39 Å². The van der Waals surface area contributed by atoms with Crippen molar-refractivity contribution >= 4 is 23.3 Å². The molecule has 1 aromatic carbocycles. The molecular weight excluding hydrogens is 273 g/mol. The summed E-state index contributed by atoms with van der Waals surface area (Å²) in [5.41, 5.74) is 3.06. The van der Waals surface area contributed by atoms with Gasteiger partial charge in [-0.1, -0.05) is 12.1 Å². The number of aromatic amines is 1. The second kappa shape index (κ2) is 5.17. The van der Waals surface area contributed by atoms with Crippen LogP contribution >= 0.6 is 12.2 Å². The molecule has 0 fully saturated rings. The number of imidazole rings is 1. The van der Waals surface area contributed by atoms with E-state index in [1.807, 2.05) is 18.2 Å². The van der Waals surface area contributed by atoms with E-state index in [0.717, 1.165) is 23.0 Å². The van der Waals surface area contributed by atoms with Crippen LogP contribution in [0.3, 0.4) is 0 Å². The molecule has 0 aliphatic rings. The molecule has 1 atom stereocenters. The Morgan fingerprint density at radius 2 is 2.05 bits per heavy atom. The molecule has 1 N–H and O–H groups in total. The van der Waals surface area contributed by atoms with Crippen LogP contribution in [-0.4, -0.2) is 14.5 Å². The van der Waals surface area contributed by atoms with Gasteiger partial charge in [0.25, 0.3) is 0 Å². The quantitative estimate of drug-likeness (QED) is 0.738. The number of nitrogens with one attached hydrogen (secondary N) is 1. The number of aromatic nitrogens is 3. The summed E-state index contributed by atoms with van der Waals surface area (Å²) >= 11 is 5.39. The molecule has 0 aliphatic carbocycles. The fourth-order valence-corrected chi connectivity index (χ4v) is 2.86. The third-order valence-electron chi connectivity index (χ3n) is 3.40. The van der Waals surface area contributed by atoms with Gasteiger partial charge in [0.2, 0.25) is 0 Å². The number of H-pyrrole nitrogens is 1. The van der Waals surface area contributed by atoms with Gasteiger partial charge in [0.1, 0.15) is 5.82 Å². The first-order valence-corrected chi connectivity index (χ1v) is 6.84. The summed E-state index contributed by atoms with van der Waals surface area (Å²) in [7, 11) is 0. The van der Waals surface area contributed by atoms with Crippen molar-refractivity contribution in [2.75, 3.05) is 0 Å². The van der Waals surface area contributed by atoms with Gasteiger partial charge >= 0.3 is 0 Å². The van der Waals surface area contributed by atoms with E-state index in [-0.39, 0.29) is 11.9 Å². The molecule has 0 radical (unpaired) electrons. The summed E-state index contributed by atoms with van der Waals surface area (Å²) in [6.45, 7) is 2.10. The lowest BCUT2D eigenvalue weighted by atomic mass is 10.1. The van der Waals surface area contributed by atoms with Crippen LogP contribution in [0.25, 0.3) is 11.0 Å². The topological polar surface area (TPSA) is 33.6 Å². The average Bonchev–Trinajstić information content (AvgIpc) is 2.77. The molecule has 3 nitrogen and oxygen atoms in total. The standard InChI is InChI=1S/C15H14FN3S/c1-10(8-11-2-4-12(16)5-3-11)19-14-6-7-17-9-13(14)18-15(19)20/h2-7,9-10H,8H2,1H3,(H,18,20). The Labute approximate surface area is 121 Å². The molecule has 0 saturated heterocycles. The number of halogens is 1. The van der Waals surface area contributed by atoms with E-state index in [2.05, 4.69) is 21.5 Å². The van der Waals surface area contributed by atoms with Crippen LogP contribution in [0.4, 0.5) is 4.39 Å². The van der Waals surface area contributed by atoms with Crippen molar-refractivity contribution in [1.82, 2.24) is 14.5 Å². The van der Waals surface area contributed by atoms with Gasteiger partial charge in [-0.25, -0.2) is 4.39 Å². The van der Waals surface area contributed by atoms with Gasteiger partial charge in [-0.2, -0.15) is 0 Å². The first-order chi connectivity index (χ1) is 9.65. The lowest BCUT2D eigenvalue weighted by Gasteiger charge is -2.14. The summed E-state index contributed by atoms with van der Waals surface area (Å²) in [6, 6.07) is 8.73. The van der Waals surface area contributed by atoms with E-state index in [1.54, 1.807) is 12.4 Å². The molecule has 1 unspecified atom stereocenters. The predicted octanol–water partition coefficient (Wildman–Crippen LogP) is 4.04. The lowest BCUT2D eigenvalue weighted by Crippen LogP contribution is -2.08. The Balaban J connectivity index is 1.96. The fourth-order valence-electron chi connectivity index (χ4n) is 2.47. The van der Waals surface area contributed by atoms with Crippen molar-refractivity contribution in [3.05, 3.63) is 58.9 Å². The van der Waals surface area contributed by atoms with Crippen LogP contribution in [0.15, 0.2) is 42.7 Å². The van der Waals surface area contributed by atoms with E-state index in [1.165, 1.54) is 12.1 Å². The second-order valence-corrected chi connectivity index (χ2v) is 5.26. The SMILES string of the molecule is CC(Cc1ccc(F)cc1)n1c(=S)[nH]c2cnccc21. The first-order valence-electron chi connectivity index (χ1n) is 6.44. The Kier molecular flexibility index (Phi) is 3.36. The van der Waals surface area contributed by atoms with Crippen molar-refractivity contribution < 1.29 is 4.39 Å². The molecule has 0 bridgehead atoms. The maximum absolute atomic E-state index is 12.9. The maximum Gasteiger partial charge on any atom is 0.178 e. The maximum atomic E-state index is 12.9. The monoisotopic (exact) mass is 287 g/mol. The van der Waals surface area contributed by atoms with Crippen LogP contribution < -0.4 is 0 Å². The zero-order valence-corrected chi connectivity index (χ0v) is 11.8. The van der Waals surface area contributed by atoms with Gasteiger partial charge < -0.3 is 9.55 Å². The van der Waals surface area contributed by atoms with Crippen LogP contribution in [-0.2, 0) is 6.42 Å². The number of nitrogens with zero attached hydrogens (tertiary/aromatic N) is 2. The van der Waals surface area contributed by atoms with Crippen LogP contribution in [0, 0.1) is 10.6 Å². The van der Waals surface area contributed by atoms with Gasteiger partial charge in [-0.3, -0.25) is 4.98 Å². The first kappa shape index (κ1) is 13.0. The number of benzene rings is 1. The lowest BCUT2D eigenvalue weighted by molar-refractivity contribution is 0.551. The molecule has 0 aliphatic heterocycles. The molecule has 2 aromatic heterocycles. The highest BCUT2D eigenvalue weighted by Crippen LogP contribution is 2.21. The molecule has 3 rings (SSSR count). The molecule has 3 aromatic rings. The van der Waals surface area contributed by atoms with E-state index >= 15 is 0 Å². The minimum absolute atomic E-state index is 0.184. The highest BCUT2D eigenvalue weighted by molar-refractivity contribution is 7.71. The largest absolute Gasteiger partial charge is 0.329 e. The van der Waals surface area contributed by atoms with E-state index in [0.29, 0.717) is 4.77 Å².